The molecule has 21 heavy (non-hydrogen) atoms. The Morgan fingerprint density at radius 3 is 2.62 bits per heavy atom. The smallest absolute Gasteiger partial charge is 0.221 e. The number of nitrogens with one attached hydrogen (secondary N) is 1. The number of carbonyl (C=O) groups excluding carboxylic acids is 1. The van der Waals surface area contributed by atoms with Gasteiger partial charge in [-0.15, -0.1) is 0 Å². The number of halogens is 1. The highest BCUT2D eigenvalue weighted by molar-refractivity contribution is 9.10. The molecular weight excluding hydrogens is 328 g/mol. The molecule has 1 aromatic carbocycles. The summed E-state index contributed by atoms with van der Waals surface area (Å²) in [4.78, 5) is 12.4. The molecule has 0 heterocycles. The summed E-state index contributed by atoms with van der Waals surface area (Å²) in [5.74, 6) is 0.116. The monoisotopic (exact) mass is 352 g/mol. The summed E-state index contributed by atoms with van der Waals surface area (Å²) in [6, 6.07) is 8.01. The van der Waals surface area contributed by atoms with E-state index in [9.17, 15) is 4.79 Å². The van der Waals surface area contributed by atoms with E-state index < -0.39 is 0 Å². The highest BCUT2D eigenvalue weighted by Crippen LogP contribution is 2.38. The maximum absolute atomic E-state index is 12.4. The average Bonchev–Trinajstić information content (AvgIpc) is 2.48. The first-order valence-electron chi connectivity index (χ1n) is 7.80. The Morgan fingerprint density at radius 1 is 1.33 bits per heavy atom. The number of carbonyl (C=O) groups is 1. The first kappa shape index (κ1) is 16.5. The van der Waals surface area contributed by atoms with Crippen LogP contribution in [0.2, 0.25) is 0 Å². The zero-order valence-electron chi connectivity index (χ0n) is 12.7. The lowest BCUT2D eigenvalue weighted by Gasteiger charge is -2.36. The maximum atomic E-state index is 12.4. The minimum Gasteiger partial charge on any atom is -0.350 e. The molecule has 1 aromatic rings. The van der Waals surface area contributed by atoms with Crippen LogP contribution in [0.15, 0.2) is 28.7 Å². The topological polar surface area (TPSA) is 55.1 Å². The highest BCUT2D eigenvalue weighted by atomic mass is 79.9. The molecule has 4 heteroatoms. The summed E-state index contributed by atoms with van der Waals surface area (Å²) < 4.78 is 1.03. The van der Waals surface area contributed by atoms with E-state index in [0.29, 0.717) is 13.0 Å². The van der Waals surface area contributed by atoms with Crippen molar-refractivity contribution in [2.24, 2.45) is 11.1 Å². The SMILES string of the molecule is C[C@H](NC(=O)CC1(CN)CCCCC1)c1ccccc1Br. The fourth-order valence-corrected chi connectivity index (χ4v) is 3.92. The third-order valence-electron chi connectivity index (χ3n) is 4.63. The number of nitrogens with two attached hydrogens (primary N) is 1. The van der Waals surface area contributed by atoms with Crippen LogP contribution in [0.3, 0.4) is 0 Å². The fraction of sp³-hybridized carbons (Fsp3) is 0.588. The van der Waals surface area contributed by atoms with E-state index in [0.717, 1.165) is 22.9 Å². The van der Waals surface area contributed by atoms with Crippen molar-refractivity contribution in [3.8, 4) is 0 Å². The van der Waals surface area contributed by atoms with Crippen LogP contribution in [0.4, 0.5) is 0 Å². The van der Waals surface area contributed by atoms with Gasteiger partial charge < -0.3 is 11.1 Å². The van der Waals surface area contributed by atoms with Gasteiger partial charge in [-0.2, -0.15) is 0 Å². The molecule has 2 rings (SSSR count). The van der Waals surface area contributed by atoms with Gasteiger partial charge in [0.2, 0.25) is 5.91 Å². The Morgan fingerprint density at radius 2 is 2.00 bits per heavy atom. The predicted octanol–water partition coefficient (Wildman–Crippen LogP) is 3.93. The number of benzene rings is 1. The second-order valence-electron chi connectivity index (χ2n) is 6.25. The van der Waals surface area contributed by atoms with Crippen LogP contribution in [0.1, 0.15) is 57.1 Å². The largest absolute Gasteiger partial charge is 0.350 e. The minimum atomic E-state index is 0.00601. The van der Waals surface area contributed by atoms with Crippen LogP contribution in [0.5, 0.6) is 0 Å². The third-order valence-corrected chi connectivity index (χ3v) is 5.35. The van der Waals surface area contributed by atoms with Crippen molar-refractivity contribution in [2.75, 3.05) is 6.54 Å². The number of rotatable bonds is 5. The van der Waals surface area contributed by atoms with Crippen molar-refractivity contribution in [1.29, 1.82) is 0 Å². The molecule has 1 aliphatic carbocycles. The fourth-order valence-electron chi connectivity index (χ4n) is 3.29. The quantitative estimate of drug-likeness (QED) is 0.843. The first-order valence-corrected chi connectivity index (χ1v) is 8.59. The molecule has 3 nitrogen and oxygen atoms in total. The average molecular weight is 353 g/mol. The van der Waals surface area contributed by atoms with Gasteiger partial charge in [0.25, 0.3) is 0 Å². The Balaban J connectivity index is 1.96. The third kappa shape index (κ3) is 4.30. The molecule has 0 radical (unpaired) electrons. The highest BCUT2D eigenvalue weighted by Gasteiger charge is 2.33. The molecule has 0 aliphatic heterocycles. The van der Waals surface area contributed by atoms with Gasteiger partial charge in [0, 0.05) is 10.9 Å². The normalized spacial score (nSPS) is 19.0. The lowest BCUT2D eigenvalue weighted by Crippen LogP contribution is -2.39. The zero-order chi connectivity index (χ0) is 15.3. The maximum Gasteiger partial charge on any atom is 0.221 e. The molecule has 1 aliphatic rings. The van der Waals surface area contributed by atoms with Gasteiger partial charge >= 0.3 is 0 Å². The molecule has 0 aromatic heterocycles. The van der Waals surface area contributed by atoms with Gasteiger partial charge in [0.15, 0.2) is 0 Å². The Labute approximate surface area is 135 Å². The molecule has 3 N–H and O–H groups in total. The summed E-state index contributed by atoms with van der Waals surface area (Å²) in [5, 5.41) is 3.12. The Bertz CT molecular complexity index is 483. The summed E-state index contributed by atoms with van der Waals surface area (Å²) >= 11 is 3.54. The standard InChI is InChI=1S/C17H25BrN2O/c1-13(14-7-3-4-8-15(14)18)20-16(21)11-17(12-19)9-5-2-6-10-17/h3-4,7-8,13H,2,5-6,9-12,19H2,1H3,(H,20,21)/t13-/m0/s1. The molecule has 1 amide bonds. The Hall–Kier alpha value is -0.870. The van der Waals surface area contributed by atoms with Crippen LogP contribution in [0.25, 0.3) is 0 Å². The van der Waals surface area contributed by atoms with Crippen LogP contribution >= 0.6 is 15.9 Å². The molecule has 1 saturated carbocycles. The summed E-state index contributed by atoms with van der Waals surface area (Å²) in [6.45, 7) is 2.64. The van der Waals surface area contributed by atoms with E-state index in [4.69, 9.17) is 5.73 Å². The second kappa shape index (κ2) is 7.41. The number of hydrogen-bond donors (Lipinski definition) is 2. The van der Waals surface area contributed by atoms with Gasteiger partial charge in [-0.3, -0.25) is 4.79 Å². The number of amides is 1. The van der Waals surface area contributed by atoms with E-state index in [-0.39, 0.29) is 17.4 Å². The van der Waals surface area contributed by atoms with E-state index in [1.54, 1.807) is 0 Å². The minimum absolute atomic E-state index is 0.00601. The summed E-state index contributed by atoms with van der Waals surface area (Å²) in [7, 11) is 0. The van der Waals surface area contributed by atoms with Crippen molar-refractivity contribution in [3.63, 3.8) is 0 Å². The second-order valence-corrected chi connectivity index (χ2v) is 7.11. The molecule has 0 saturated heterocycles. The lowest BCUT2D eigenvalue weighted by atomic mass is 9.71. The Kier molecular flexibility index (Phi) is 5.82. The van der Waals surface area contributed by atoms with Gasteiger partial charge in [0.1, 0.15) is 0 Å². The first-order chi connectivity index (χ1) is 10.1. The predicted molar refractivity (Wildman–Crippen MR) is 89.9 cm³/mol. The summed E-state index contributed by atoms with van der Waals surface area (Å²) in [5.41, 5.74) is 7.10. The van der Waals surface area contributed by atoms with Crippen molar-refractivity contribution < 1.29 is 4.79 Å². The van der Waals surface area contributed by atoms with E-state index in [1.807, 2.05) is 31.2 Å². The van der Waals surface area contributed by atoms with Crippen LogP contribution in [-0.4, -0.2) is 12.5 Å². The van der Waals surface area contributed by atoms with Gasteiger partial charge in [-0.25, -0.2) is 0 Å². The van der Waals surface area contributed by atoms with Gasteiger partial charge in [-0.1, -0.05) is 53.4 Å². The van der Waals surface area contributed by atoms with E-state index in [1.165, 1.54) is 19.3 Å². The van der Waals surface area contributed by atoms with Crippen molar-refractivity contribution in [3.05, 3.63) is 34.3 Å². The van der Waals surface area contributed by atoms with E-state index >= 15 is 0 Å². The van der Waals surface area contributed by atoms with Crippen molar-refractivity contribution in [2.45, 2.75) is 51.5 Å². The van der Waals surface area contributed by atoms with Crippen LogP contribution in [0, 0.1) is 5.41 Å². The molecular formula is C17H25BrN2O. The molecule has 116 valence electrons. The molecule has 1 fully saturated rings. The van der Waals surface area contributed by atoms with Crippen LogP contribution in [-0.2, 0) is 4.79 Å². The zero-order valence-corrected chi connectivity index (χ0v) is 14.3. The lowest BCUT2D eigenvalue weighted by molar-refractivity contribution is -0.124. The van der Waals surface area contributed by atoms with Crippen molar-refractivity contribution >= 4 is 21.8 Å². The molecule has 0 bridgehead atoms. The number of hydrogen-bond acceptors (Lipinski definition) is 2. The van der Waals surface area contributed by atoms with Crippen molar-refractivity contribution in [1.82, 2.24) is 5.32 Å². The molecule has 0 unspecified atom stereocenters. The van der Waals surface area contributed by atoms with Gasteiger partial charge in [0.05, 0.1) is 6.04 Å². The summed E-state index contributed by atoms with van der Waals surface area (Å²) in [6.07, 6.45) is 6.39. The van der Waals surface area contributed by atoms with Gasteiger partial charge in [-0.05, 0) is 43.4 Å². The molecule has 1 atom stereocenters. The van der Waals surface area contributed by atoms with Crippen LogP contribution < -0.4 is 11.1 Å². The van der Waals surface area contributed by atoms with E-state index in [2.05, 4.69) is 21.2 Å². The molecule has 0 spiro atoms.